The van der Waals surface area contributed by atoms with Crippen LogP contribution in [0.5, 0.6) is 0 Å². The van der Waals surface area contributed by atoms with Crippen molar-refractivity contribution >= 4 is 34.0 Å². The number of hydrogen-bond donors (Lipinski definition) is 2. The molecule has 2 N–H and O–H groups in total. The Bertz CT molecular complexity index is 1100. The second-order valence-corrected chi connectivity index (χ2v) is 7.79. The quantitative estimate of drug-likeness (QED) is 0.577. The molecule has 0 aliphatic carbocycles. The maximum Gasteiger partial charge on any atom is 0.304 e. The highest BCUT2D eigenvalue weighted by Gasteiger charge is 2.47. The Morgan fingerprint density at radius 2 is 1.67 bits per heavy atom. The molecule has 7 heteroatoms. The topological polar surface area (TPSA) is 61.2 Å². The van der Waals surface area contributed by atoms with Crippen LogP contribution < -0.4 is 10.7 Å². The lowest BCUT2D eigenvalue weighted by Crippen LogP contribution is -2.42. The zero-order chi connectivity index (χ0) is 21.1. The summed E-state index contributed by atoms with van der Waals surface area (Å²) in [4.78, 5) is 25.5. The SMILES string of the molecule is O=C(NC1C(=O)N[N+](=Cc2ccc(Br)cc2)C1c1ccccc1)c1ccc(F)cc1. The van der Waals surface area contributed by atoms with E-state index >= 15 is 0 Å². The number of carbonyl (C=O) groups excluding carboxylic acids is 2. The summed E-state index contributed by atoms with van der Waals surface area (Å²) in [6, 6.07) is 21.1. The maximum absolute atomic E-state index is 13.2. The summed E-state index contributed by atoms with van der Waals surface area (Å²) in [6.45, 7) is 0. The third-order valence-corrected chi connectivity index (χ3v) is 5.36. The zero-order valence-electron chi connectivity index (χ0n) is 15.8. The van der Waals surface area contributed by atoms with Crippen LogP contribution in [0.1, 0.15) is 27.5 Å². The highest BCUT2D eigenvalue weighted by atomic mass is 79.9. The first-order valence-corrected chi connectivity index (χ1v) is 10.1. The predicted octanol–water partition coefficient (Wildman–Crippen LogP) is 3.60. The van der Waals surface area contributed by atoms with E-state index in [0.29, 0.717) is 0 Å². The molecule has 2 atom stereocenters. The number of carbonyl (C=O) groups is 2. The molecule has 1 fully saturated rings. The van der Waals surface area contributed by atoms with E-state index in [2.05, 4.69) is 26.7 Å². The lowest BCUT2D eigenvalue weighted by molar-refractivity contribution is -0.596. The predicted molar refractivity (Wildman–Crippen MR) is 115 cm³/mol. The van der Waals surface area contributed by atoms with E-state index in [-0.39, 0.29) is 11.5 Å². The van der Waals surface area contributed by atoms with Gasteiger partial charge in [-0.25, -0.2) is 4.39 Å². The Kier molecular flexibility index (Phi) is 5.72. The van der Waals surface area contributed by atoms with E-state index in [0.717, 1.165) is 15.6 Å². The van der Waals surface area contributed by atoms with Crippen LogP contribution in [0.3, 0.4) is 0 Å². The minimum atomic E-state index is -0.823. The molecule has 2 unspecified atom stereocenters. The van der Waals surface area contributed by atoms with Gasteiger partial charge in [-0.1, -0.05) is 46.3 Å². The molecule has 0 radical (unpaired) electrons. The molecule has 1 aliphatic rings. The third-order valence-electron chi connectivity index (χ3n) is 4.83. The molecule has 30 heavy (non-hydrogen) atoms. The fourth-order valence-electron chi connectivity index (χ4n) is 3.37. The number of nitrogens with zero attached hydrogens (tertiary/aromatic N) is 1. The molecule has 3 aromatic carbocycles. The molecule has 5 nitrogen and oxygen atoms in total. The molecule has 0 bridgehead atoms. The molecule has 1 saturated heterocycles. The minimum absolute atomic E-state index is 0.284. The summed E-state index contributed by atoms with van der Waals surface area (Å²) in [7, 11) is 0. The number of hydrazine groups is 1. The van der Waals surface area contributed by atoms with E-state index in [1.54, 1.807) is 4.68 Å². The summed E-state index contributed by atoms with van der Waals surface area (Å²) >= 11 is 3.41. The van der Waals surface area contributed by atoms with E-state index in [9.17, 15) is 14.0 Å². The average Bonchev–Trinajstić information content (AvgIpc) is 3.05. The van der Waals surface area contributed by atoms with Crippen LogP contribution in [-0.2, 0) is 4.79 Å². The van der Waals surface area contributed by atoms with Crippen molar-refractivity contribution in [1.82, 2.24) is 10.7 Å². The van der Waals surface area contributed by atoms with Crippen molar-refractivity contribution in [1.29, 1.82) is 0 Å². The van der Waals surface area contributed by atoms with Crippen molar-refractivity contribution in [2.45, 2.75) is 12.1 Å². The fraction of sp³-hybridized carbons (Fsp3) is 0.0870. The van der Waals surface area contributed by atoms with Crippen LogP contribution in [0, 0.1) is 5.82 Å². The molecular weight excluding hydrogens is 449 g/mol. The van der Waals surface area contributed by atoms with Crippen molar-refractivity contribution in [2.75, 3.05) is 0 Å². The number of benzene rings is 3. The van der Waals surface area contributed by atoms with E-state index < -0.39 is 23.8 Å². The van der Waals surface area contributed by atoms with Crippen molar-refractivity contribution in [3.05, 3.63) is 106 Å². The first-order valence-electron chi connectivity index (χ1n) is 9.32. The third kappa shape index (κ3) is 4.31. The van der Waals surface area contributed by atoms with Gasteiger partial charge in [0.2, 0.25) is 12.3 Å². The highest BCUT2D eigenvalue weighted by molar-refractivity contribution is 9.10. The van der Waals surface area contributed by atoms with Crippen LogP contribution in [0.2, 0.25) is 0 Å². The van der Waals surface area contributed by atoms with Crippen molar-refractivity contribution in [2.24, 2.45) is 0 Å². The number of hydrogen-bond acceptors (Lipinski definition) is 2. The van der Waals surface area contributed by atoms with Gasteiger partial charge in [0.15, 0.2) is 6.04 Å². The van der Waals surface area contributed by atoms with Crippen LogP contribution in [-0.4, -0.2) is 28.8 Å². The standard InChI is InChI=1S/C23H17BrFN3O2/c24-18-10-6-15(7-11-18)14-28-21(16-4-2-1-3-5-16)20(23(30)27-28)26-22(29)17-8-12-19(25)13-9-17/h1-14,20-21H,(H-,26,27,29,30)/p+1. The number of amides is 2. The second kappa shape index (κ2) is 8.59. The molecule has 0 aromatic heterocycles. The fourth-order valence-corrected chi connectivity index (χ4v) is 3.63. The summed E-state index contributed by atoms with van der Waals surface area (Å²) in [6.07, 6.45) is 1.83. The summed E-state index contributed by atoms with van der Waals surface area (Å²) in [5, 5.41) is 2.80. The van der Waals surface area contributed by atoms with Gasteiger partial charge in [-0.2, -0.15) is 0 Å². The molecule has 2 amide bonds. The van der Waals surface area contributed by atoms with Gasteiger partial charge in [0, 0.05) is 21.2 Å². The van der Waals surface area contributed by atoms with Crippen LogP contribution in [0.25, 0.3) is 0 Å². The molecule has 3 aromatic rings. The minimum Gasteiger partial charge on any atom is -0.334 e. The molecule has 4 rings (SSSR count). The van der Waals surface area contributed by atoms with Gasteiger partial charge >= 0.3 is 5.91 Å². The van der Waals surface area contributed by atoms with Crippen molar-refractivity contribution < 1.29 is 18.7 Å². The van der Waals surface area contributed by atoms with Crippen molar-refractivity contribution in [3.63, 3.8) is 0 Å². The van der Waals surface area contributed by atoms with Crippen molar-refractivity contribution in [3.8, 4) is 0 Å². The largest absolute Gasteiger partial charge is 0.334 e. The molecule has 1 aliphatic heterocycles. The van der Waals surface area contributed by atoms with Gasteiger partial charge in [0.25, 0.3) is 5.91 Å². The maximum atomic E-state index is 13.2. The zero-order valence-corrected chi connectivity index (χ0v) is 17.3. The Balaban J connectivity index is 1.68. The first kappa shape index (κ1) is 20.0. The van der Waals surface area contributed by atoms with E-state index in [1.165, 1.54) is 24.3 Å². The highest BCUT2D eigenvalue weighted by Crippen LogP contribution is 2.25. The average molecular weight is 467 g/mol. The van der Waals surface area contributed by atoms with Crippen LogP contribution in [0.4, 0.5) is 4.39 Å². The number of halogens is 2. The number of nitrogens with one attached hydrogen (secondary N) is 2. The van der Waals surface area contributed by atoms with E-state index in [4.69, 9.17) is 0 Å². The summed E-state index contributed by atoms with van der Waals surface area (Å²) < 4.78 is 15.8. The molecule has 150 valence electrons. The second-order valence-electron chi connectivity index (χ2n) is 6.88. The Labute approximate surface area is 181 Å². The Morgan fingerprint density at radius 3 is 2.33 bits per heavy atom. The van der Waals surface area contributed by atoms with E-state index in [1.807, 2.05) is 60.8 Å². The summed E-state index contributed by atoms with van der Waals surface area (Å²) in [5.74, 6) is -1.20. The van der Waals surface area contributed by atoms with Gasteiger partial charge in [0.1, 0.15) is 5.82 Å². The molecular formula is C23H18BrFN3O2+. The molecule has 0 saturated carbocycles. The number of rotatable bonds is 4. The Morgan fingerprint density at radius 1 is 1.00 bits per heavy atom. The van der Waals surface area contributed by atoms with Gasteiger partial charge in [-0.15, -0.1) is 10.1 Å². The molecule has 1 heterocycles. The summed E-state index contributed by atoms with van der Waals surface area (Å²) in [5.41, 5.74) is 4.88. The lowest BCUT2D eigenvalue weighted by atomic mass is 10.00. The van der Waals surface area contributed by atoms with Gasteiger partial charge < -0.3 is 5.32 Å². The smallest absolute Gasteiger partial charge is 0.304 e. The van der Waals surface area contributed by atoms with Crippen LogP contribution in [0.15, 0.2) is 83.3 Å². The number of hydrazone groups is 1. The van der Waals surface area contributed by atoms with Gasteiger partial charge in [0.05, 0.1) is 0 Å². The van der Waals surface area contributed by atoms with Crippen LogP contribution >= 0.6 is 15.9 Å². The normalized spacial score (nSPS) is 19.5. The first-order chi connectivity index (χ1) is 14.5. The monoisotopic (exact) mass is 466 g/mol. The van der Waals surface area contributed by atoms with Gasteiger partial charge in [-0.05, 0) is 48.5 Å². The Hall–Kier alpha value is -3.32. The molecule has 0 spiro atoms. The van der Waals surface area contributed by atoms with Gasteiger partial charge in [-0.3, -0.25) is 9.59 Å². The lowest BCUT2D eigenvalue weighted by Gasteiger charge is -2.14.